The van der Waals surface area contributed by atoms with Gasteiger partial charge in [0.2, 0.25) is 0 Å². The number of nitrogens with zero attached hydrogens (tertiary/aromatic N) is 2. The largest absolute Gasteiger partial charge is 0.494 e. The Morgan fingerprint density at radius 3 is 2.35 bits per heavy atom. The fourth-order valence-corrected chi connectivity index (χ4v) is 3.67. The first-order valence-corrected chi connectivity index (χ1v) is 9.29. The maximum atomic E-state index is 11.2. The summed E-state index contributed by atoms with van der Waals surface area (Å²) in [5.74, 6) is 0. The fourth-order valence-electron chi connectivity index (χ4n) is 3.37. The van der Waals surface area contributed by atoms with Crippen molar-refractivity contribution in [1.29, 1.82) is 0 Å². The van der Waals surface area contributed by atoms with Gasteiger partial charge in [0, 0.05) is 25.7 Å². The summed E-state index contributed by atoms with van der Waals surface area (Å²) < 4.78 is 12.2. The molecule has 0 spiro atoms. The second-order valence-electron chi connectivity index (χ2n) is 8.07. The van der Waals surface area contributed by atoms with Crippen LogP contribution in [0.2, 0.25) is 5.02 Å². The summed E-state index contributed by atoms with van der Waals surface area (Å²) >= 11 is 6.55. The molecule has 2 heterocycles. The molecule has 1 aromatic carbocycles. The Balaban J connectivity index is 1.76. The number of halogens is 1. The van der Waals surface area contributed by atoms with Crippen molar-refractivity contribution in [2.45, 2.75) is 51.9 Å². The molecule has 0 unspecified atom stereocenters. The fraction of sp³-hybridized carbons (Fsp3) is 0.611. The predicted molar refractivity (Wildman–Crippen MR) is 104 cm³/mol. The zero-order chi connectivity index (χ0) is 19.3. The zero-order valence-electron chi connectivity index (χ0n) is 16.0. The van der Waals surface area contributed by atoms with E-state index in [4.69, 9.17) is 20.9 Å². The average molecular weight is 381 g/mol. The lowest BCUT2D eigenvalue weighted by Gasteiger charge is -2.39. The molecule has 1 atom stereocenters. The first kappa shape index (κ1) is 19.3. The van der Waals surface area contributed by atoms with E-state index in [1.54, 1.807) is 0 Å². The van der Waals surface area contributed by atoms with Gasteiger partial charge in [-0.15, -0.1) is 0 Å². The number of hydrogen-bond donors (Lipinski definition) is 1. The third kappa shape index (κ3) is 3.40. The van der Waals surface area contributed by atoms with Gasteiger partial charge in [-0.2, -0.15) is 0 Å². The van der Waals surface area contributed by atoms with E-state index in [0.29, 0.717) is 24.7 Å². The smallest absolute Gasteiger partial charge is 0.465 e. The van der Waals surface area contributed by atoms with Crippen molar-refractivity contribution in [2.24, 2.45) is 0 Å². The molecule has 8 heteroatoms. The van der Waals surface area contributed by atoms with Crippen LogP contribution in [0, 0.1) is 0 Å². The Labute approximate surface area is 160 Å². The monoisotopic (exact) mass is 380 g/mol. The Bertz CT molecular complexity index is 696. The molecule has 0 aromatic heterocycles. The maximum absolute atomic E-state index is 11.2. The minimum Gasteiger partial charge on any atom is -0.465 e. The van der Waals surface area contributed by atoms with Crippen LogP contribution in [0.25, 0.3) is 0 Å². The highest BCUT2D eigenvalue weighted by Gasteiger charge is 2.51. The number of anilines is 1. The van der Waals surface area contributed by atoms with Gasteiger partial charge in [0.25, 0.3) is 0 Å². The first-order valence-electron chi connectivity index (χ1n) is 8.91. The van der Waals surface area contributed by atoms with Gasteiger partial charge in [0.15, 0.2) is 0 Å². The molecule has 1 N–H and O–H groups in total. The van der Waals surface area contributed by atoms with Gasteiger partial charge >= 0.3 is 13.2 Å². The van der Waals surface area contributed by atoms with Crippen LogP contribution >= 0.6 is 11.6 Å². The van der Waals surface area contributed by atoms with Gasteiger partial charge in [-0.1, -0.05) is 17.7 Å². The lowest BCUT2D eigenvalue weighted by molar-refractivity contribution is 0.00578. The summed E-state index contributed by atoms with van der Waals surface area (Å²) in [6.45, 7) is 11.7. The van der Waals surface area contributed by atoms with E-state index < -0.39 is 24.4 Å². The van der Waals surface area contributed by atoms with Gasteiger partial charge in [0.1, 0.15) is 0 Å². The molecule has 0 bridgehead atoms. The van der Waals surface area contributed by atoms with Gasteiger partial charge in [-0.05, 0) is 52.2 Å². The Hall–Kier alpha value is -1.44. The lowest BCUT2D eigenvalue weighted by atomic mass is 9.79. The van der Waals surface area contributed by atoms with Crippen LogP contribution in [0.1, 0.15) is 34.6 Å². The minimum absolute atomic E-state index is 0.0832. The third-order valence-corrected chi connectivity index (χ3v) is 6.01. The number of carbonyl (C=O) groups is 1. The van der Waals surface area contributed by atoms with E-state index in [-0.39, 0.29) is 6.04 Å². The maximum Gasteiger partial charge on any atom is 0.494 e. The molecule has 26 heavy (non-hydrogen) atoms. The van der Waals surface area contributed by atoms with Crippen molar-refractivity contribution < 1.29 is 19.2 Å². The second kappa shape index (κ2) is 6.62. The topological polar surface area (TPSA) is 62.2 Å². The van der Waals surface area contributed by atoms with Gasteiger partial charge in [0.05, 0.1) is 21.9 Å². The van der Waals surface area contributed by atoms with Crippen molar-refractivity contribution in [1.82, 2.24) is 4.90 Å². The Morgan fingerprint density at radius 2 is 1.85 bits per heavy atom. The molecule has 142 valence electrons. The number of amides is 1. The summed E-state index contributed by atoms with van der Waals surface area (Å²) in [7, 11) is -0.450. The molecule has 2 saturated heterocycles. The van der Waals surface area contributed by atoms with Crippen molar-refractivity contribution >= 4 is 36.0 Å². The van der Waals surface area contributed by atoms with Crippen LogP contribution in [0.15, 0.2) is 18.2 Å². The Kier molecular flexibility index (Phi) is 4.92. The van der Waals surface area contributed by atoms with Crippen LogP contribution in [0.4, 0.5) is 10.5 Å². The number of hydrogen-bond acceptors (Lipinski definition) is 4. The van der Waals surface area contributed by atoms with Crippen LogP contribution in [-0.2, 0) is 9.31 Å². The standard InChI is InChI=1S/C18H26BClN2O4/c1-12-11-21(8-9-22(12)16(23)24)15-7-6-13(10-14(15)20)19-25-17(2,3)18(4,5)26-19/h6-7,10,12H,8-9,11H2,1-5H3,(H,23,24)/t12-/m1/s1. The quantitative estimate of drug-likeness (QED) is 0.799. The molecule has 0 radical (unpaired) electrons. The highest BCUT2D eigenvalue weighted by Crippen LogP contribution is 2.37. The summed E-state index contributed by atoms with van der Waals surface area (Å²) in [4.78, 5) is 14.8. The summed E-state index contributed by atoms with van der Waals surface area (Å²) in [5, 5.41) is 9.83. The molecule has 0 saturated carbocycles. The molecule has 3 rings (SSSR count). The molecule has 2 aliphatic rings. The first-order chi connectivity index (χ1) is 12.0. The number of carboxylic acid groups (broad SMARTS) is 1. The molecule has 6 nitrogen and oxygen atoms in total. The summed E-state index contributed by atoms with van der Waals surface area (Å²) in [6, 6.07) is 5.73. The normalized spacial score (nSPS) is 24.8. The number of piperazine rings is 1. The second-order valence-corrected chi connectivity index (χ2v) is 8.48. The Morgan fingerprint density at radius 1 is 1.23 bits per heavy atom. The molecule has 0 aliphatic carbocycles. The van der Waals surface area contributed by atoms with E-state index in [9.17, 15) is 9.90 Å². The summed E-state index contributed by atoms with van der Waals surface area (Å²) in [5.41, 5.74) is 0.995. The number of rotatable bonds is 2. The van der Waals surface area contributed by atoms with Crippen molar-refractivity contribution in [3.05, 3.63) is 23.2 Å². The van der Waals surface area contributed by atoms with Crippen molar-refractivity contribution in [2.75, 3.05) is 24.5 Å². The highest BCUT2D eigenvalue weighted by atomic mass is 35.5. The van der Waals surface area contributed by atoms with E-state index in [1.165, 1.54) is 4.90 Å². The predicted octanol–water partition coefficient (Wildman–Crippen LogP) is 2.83. The average Bonchev–Trinajstić information content (AvgIpc) is 2.75. The molecular formula is C18H26BClN2O4. The van der Waals surface area contributed by atoms with Crippen LogP contribution in [0.3, 0.4) is 0 Å². The SMILES string of the molecule is C[C@@H]1CN(c2ccc(B3OC(C)(C)C(C)(C)O3)cc2Cl)CCN1C(=O)O. The zero-order valence-corrected chi connectivity index (χ0v) is 16.7. The van der Waals surface area contributed by atoms with E-state index in [1.807, 2.05) is 52.8 Å². The van der Waals surface area contributed by atoms with Crippen LogP contribution < -0.4 is 10.4 Å². The van der Waals surface area contributed by atoms with Gasteiger partial charge < -0.3 is 24.2 Å². The van der Waals surface area contributed by atoms with E-state index in [2.05, 4.69) is 4.90 Å². The minimum atomic E-state index is -0.876. The number of benzene rings is 1. The van der Waals surface area contributed by atoms with Crippen molar-refractivity contribution in [3.63, 3.8) is 0 Å². The molecule has 2 fully saturated rings. The third-order valence-electron chi connectivity index (χ3n) is 5.71. The molecule has 1 aromatic rings. The van der Waals surface area contributed by atoms with Crippen LogP contribution in [0.5, 0.6) is 0 Å². The van der Waals surface area contributed by atoms with Gasteiger partial charge in [-0.25, -0.2) is 4.79 Å². The molecule has 2 aliphatic heterocycles. The lowest BCUT2D eigenvalue weighted by Crippen LogP contribution is -2.53. The highest BCUT2D eigenvalue weighted by molar-refractivity contribution is 6.62. The summed E-state index contributed by atoms with van der Waals surface area (Å²) in [6.07, 6.45) is -0.876. The van der Waals surface area contributed by atoms with E-state index in [0.717, 1.165) is 11.2 Å². The van der Waals surface area contributed by atoms with E-state index >= 15 is 0 Å². The molecule has 1 amide bonds. The molecular weight excluding hydrogens is 354 g/mol. The van der Waals surface area contributed by atoms with Gasteiger partial charge in [-0.3, -0.25) is 0 Å². The van der Waals surface area contributed by atoms with Crippen molar-refractivity contribution in [3.8, 4) is 0 Å². The van der Waals surface area contributed by atoms with Crippen LogP contribution in [-0.4, -0.2) is 60.1 Å².